The van der Waals surface area contributed by atoms with Gasteiger partial charge in [-0.3, -0.25) is 0 Å². The lowest BCUT2D eigenvalue weighted by Gasteiger charge is -2.05. The predicted molar refractivity (Wildman–Crippen MR) is 65.2 cm³/mol. The first-order valence-electron chi connectivity index (χ1n) is 5.81. The average molecular weight is 249 g/mol. The second kappa shape index (κ2) is 4.15. The van der Waals surface area contributed by atoms with Gasteiger partial charge in [-0.2, -0.15) is 4.98 Å². The molecule has 0 radical (unpaired) electrons. The van der Waals surface area contributed by atoms with Crippen molar-refractivity contribution in [2.45, 2.75) is 31.1 Å². The third-order valence-corrected chi connectivity index (χ3v) is 3.43. The number of fused-ring (bicyclic) bond motifs is 1. The lowest BCUT2D eigenvalue weighted by molar-refractivity contribution is 0.371. The first-order chi connectivity index (χ1) is 8.25. The number of aromatic nitrogens is 2. The molecular weight excluding hydrogens is 236 g/mol. The average Bonchev–Trinajstić information content (AvgIpc) is 2.95. The van der Waals surface area contributed by atoms with Gasteiger partial charge in [-0.1, -0.05) is 29.4 Å². The molecule has 0 saturated carbocycles. The maximum atomic E-state index is 5.93. The van der Waals surface area contributed by atoms with Gasteiger partial charge in [0.1, 0.15) is 5.38 Å². The Morgan fingerprint density at radius 3 is 3.00 bits per heavy atom. The number of halogens is 1. The molecule has 0 bridgehead atoms. The van der Waals surface area contributed by atoms with Crippen LogP contribution in [0.5, 0.6) is 0 Å². The first-order valence-corrected chi connectivity index (χ1v) is 6.24. The van der Waals surface area contributed by atoms with Crippen LogP contribution in [0.25, 0.3) is 0 Å². The van der Waals surface area contributed by atoms with Gasteiger partial charge < -0.3 is 4.52 Å². The van der Waals surface area contributed by atoms with Crippen LogP contribution in [0.2, 0.25) is 0 Å². The van der Waals surface area contributed by atoms with Gasteiger partial charge in [0, 0.05) is 5.92 Å². The van der Waals surface area contributed by atoms with Crippen LogP contribution in [0.1, 0.15) is 47.5 Å². The summed E-state index contributed by atoms with van der Waals surface area (Å²) in [5.74, 6) is 1.53. The third kappa shape index (κ3) is 1.84. The van der Waals surface area contributed by atoms with Crippen molar-refractivity contribution < 1.29 is 4.52 Å². The van der Waals surface area contributed by atoms with Crippen molar-refractivity contribution in [1.82, 2.24) is 10.1 Å². The number of hydrogen-bond donors (Lipinski definition) is 0. The van der Waals surface area contributed by atoms with Gasteiger partial charge >= 0.3 is 0 Å². The topological polar surface area (TPSA) is 38.9 Å². The smallest absolute Gasteiger partial charge is 0.244 e. The maximum absolute atomic E-state index is 5.93. The third-order valence-electron chi connectivity index (χ3n) is 3.24. The van der Waals surface area contributed by atoms with Crippen molar-refractivity contribution in [1.29, 1.82) is 0 Å². The predicted octanol–water partition coefficient (Wildman–Crippen LogP) is 3.45. The quantitative estimate of drug-likeness (QED) is 0.764. The summed E-state index contributed by atoms with van der Waals surface area (Å²) in [4.78, 5) is 4.38. The van der Waals surface area contributed by atoms with E-state index in [2.05, 4.69) is 34.4 Å². The lowest BCUT2D eigenvalue weighted by atomic mass is 10.0. The molecule has 2 aromatic rings. The molecule has 1 aromatic carbocycles. The van der Waals surface area contributed by atoms with Gasteiger partial charge in [0.15, 0.2) is 5.82 Å². The largest absolute Gasteiger partial charge is 0.338 e. The molecule has 0 N–H and O–H groups in total. The second-order valence-corrected chi connectivity index (χ2v) is 5.05. The van der Waals surface area contributed by atoms with Crippen LogP contribution in [-0.4, -0.2) is 10.1 Å². The van der Waals surface area contributed by atoms with Crippen LogP contribution in [-0.2, 0) is 6.42 Å². The molecule has 17 heavy (non-hydrogen) atoms. The van der Waals surface area contributed by atoms with Gasteiger partial charge in [0.25, 0.3) is 0 Å². The van der Waals surface area contributed by atoms with Crippen LogP contribution in [0.4, 0.5) is 0 Å². The van der Waals surface area contributed by atoms with E-state index >= 15 is 0 Å². The number of hydrogen-bond acceptors (Lipinski definition) is 3. The summed E-state index contributed by atoms with van der Waals surface area (Å²) in [6.45, 7) is 1.83. The molecule has 1 aromatic heterocycles. The fraction of sp³-hybridized carbons (Fsp3) is 0.385. The van der Waals surface area contributed by atoms with Crippen molar-refractivity contribution in [2.75, 3.05) is 0 Å². The summed E-state index contributed by atoms with van der Waals surface area (Å²) in [5, 5.41) is 3.82. The molecule has 0 amide bonds. The number of nitrogens with zero attached hydrogens (tertiary/aromatic N) is 2. The summed E-state index contributed by atoms with van der Waals surface area (Å²) in [6.07, 6.45) is 2.14. The first kappa shape index (κ1) is 10.8. The highest BCUT2D eigenvalue weighted by molar-refractivity contribution is 6.20. The Morgan fingerprint density at radius 1 is 1.41 bits per heavy atom. The highest BCUT2D eigenvalue weighted by Gasteiger charge is 2.28. The van der Waals surface area contributed by atoms with E-state index in [1.165, 1.54) is 11.1 Å². The minimum absolute atomic E-state index is 0.229. The monoisotopic (exact) mass is 248 g/mol. The fourth-order valence-electron chi connectivity index (χ4n) is 2.38. The number of benzene rings is 1. The standard InChI is InChI=1S/C13H13ClN2O/c1-8(14)13-15-12(16-17-13)11-7-6-9-4-2-3-5-10(9)11/h2-5,8,11H,6-7H2,1H3. The van der Waals surface area contributed by atoms with Gasteiger partial charge in [0.05, 0.1) is 0 Å². The Balaban J connectivity index is 1.95. The summed E-state index contributed by atoms with van der Waals surface area (Å²) in [6, 6.07) is 8.44. The zero-order valence-electron chi connectivity index (χ0n) is 9.56. The molecule has 1 heterocycles. The van der Waals surface area contributed by atoms with E-state index in [1.807, 2.05) is 6.92 Å². The Kier molecular flexibility index (Phi) is 2.63. The Morgan fingerprint density at radius 2 is 2.24 bits per heavy atom. The van der Waals surface area contributed by atoms with Crippen molar-refractivity contribution in [3.05, 3.63) is 47.1 Å². The Labute approximate surface area is 105 Å². The minimum atomic E-state index is -0.229. The molecular formula is C13H13ClN2O. The van der Waals surface area contributed by atoms with E-state index < -0.39 is 0 Å². The molecule has 0 aliphatic heterocycles. The molecule has 0 fully saturated rings. The van der Waals surface area contributed by atoms with E-state index in [1.54, 1.807) is 0 Å². The molecule has 3 rings (SSSR count). The molecule has 0 saturated heterocycles. The number of alkyl halides is 1. The zero-order chi connectivity index (χ0) is 11.8. The normalized spacial score (nSPS) is 20.2. The van der Waals surface area contributed by atoms with Crippen LogP contribution in [0.3, 0.4) is 0 Å². The molecule has 4 heteroatoms. The SMILES string of the molecule is CC(Cl)c1nc(C2CCc3ccccc32)no1. The van der Waals surface area contributed by atoms with Gasteiger partial charge in [0.2, 0.25) is 5.89 Å². The van der Waals surface area contributed by atoms with E-state index in [0.29, 0.717) is 5.89 Å². The molecule has 1 aliphatic carbocycles. The lowest BCUT2D eigenvalue weighted by Crippen LogP contribution is -1.99. The maximum Gasteiger partial charge on any atom is 0.244 e. The molecule has 3 nitrogen and oxygen atoms in total. The summed E-state index contributed by atoms with van der Waals surface area (Å²) in [7, 11) is 0. The molecule has 2 atom stereocenters. The van der Waals surface area contributed by atoms with Crippen molar-refractivity contribution in [3.63, 3.8) is 0 Å². The van der Waals surface area contributed by atoms with Gasteiger partial charge in [-0.05, 0) is 30.9 Å². The number of rotatable bonds is 2. The molecule has 2 unspecified atom stereocenters. The Bertz CT molecular complexity index is 536. The molecule has 88 valence electrons. The van der Waals surface area contributed by atoms with Crippen LogP contribution in [0, 0.1) is 0 Å². The van der Waals surface area contributed by atoms with Crippen molar-refractivity contribution in [2.24, 2.45) is 0 Å². The summed E-state index contributed by atoms with van der Waals surface area (Å²) >= 11 is 5.93. The van der Waals surface area contributed by atoms with E-state index in [9.17, 15) is 0 Å². The van der Waals surface area contributed by atoms with Crippen LogP contribution >= 0.6 is 11.6 Å². The zero-order valence-corrected chi connectivity index (χ0v) is 10.3. The van der Waals surface area contributed by atoms with Gasteiger partial charge in [-0.25, -0.2) is 0 Å². The van der Waals surface area contributed by atoms with Crippen LogP contribution in [0.15, 0.2) is 28.8 Å². The fourth-order valence-corrected chi connectivity index (χ4v) is 2.46. The summed E-state index contributed by atoms with van der Waals surface area (Å²) < 4.78 is 5.16. The van der Waals surface area contributed by atoms with E-state index in [-0.39, 0.29) is 11.3 Å². The van der Waals surface area contributed by atoms with Gasteiger partial charge in [-0.15, -0.1) is 11.6 Å². The van der Waals surface area contributed by atoms with Crippen molar-refractivity contribution in [3.8, 4) is 0 Å². The molecule has 1 aliphatic rings. The summed E-state index contributed by atoms with van der Waals surface area (Å²) in [5.41, 5.74) is 2.71. The van der Waals surface area contributed by atoms with E-state index in [0.717, 1.165) is 18.7 Å². The highest BCUT2D eigenvalue weighted by atomic mass is 35.5. The number of aryl methyl sites for hydroxylation is 1. The van der Waals surface area contributed by atoms with Crippen LogP contribution < -0.4 is 0 Å². The Hall–Kier alpha value is -1.35. The highest BCUT2D eigenvalue weighted by Crippen LogP contribution is 2.36. The minimum Gasteiger partial charge on any atom is -0.338 e. The molecule has 0 spiro atoms. The van der Waals surface area contributed by atoms with Crippen molar-refractivity contribution >= 4 is 11.6 Å². The van der Waals surface area contributed by atoms with E-state index in [4.69, 9.17) is 16.1 Å². The second-order valence-electron chi connectivity index (χ2n) is 4.40.